The molecule has 146 valence electrons. The van der Waals surface area contributed by atoms with Crippen molar-refractivity contribution in [2.45, 2.75) is 6.54 Å². The van der Waals surface area contributed by atoms with Gasteiger partial charge in [0, 0.05) is 23.1 Å². The van der Waals surface area contributed by atoms with E-state index in [1.54, 1.807) is 6.07 Å². The van der Waals surface area contributed by atoms with E-state index < -0.39 is 17.5 Å². The summed E-state index contributed by atoms with van der Waals surface area (Å²) in [7, 11) is 0. The summed E-state index contributed by atoms with van der Waals surface area (Å²) in [6, 6.07) is 10.9. The molecule has 0 radical (unpaired) electrons. The van der Waals surface area contributed by atoms with Crippen LogP contribution in [0.3, 0.4) is 0 Å². The summed E-state index contributed by atoms with van der Waals surface area (Å²) >= 11 is 0. The maximum atomic E-state index is 14.6. The highest BCUT2D eigenvalue weighted by Gasteiger charge is 2.19. The lowest BCUT2D eigenvalue weighted by Crippen LogP contribution is -2.34. The molecule has 3 amide bonds. The van der Waals surface area contributed by atoms with E-state index in [-0.39, 0.29) is 29.5 Å². The quantitative estimate of drug-likeness (QED) is 0.537. The lowest BCUT2D eigenvalue weighted by atomic mass is 10.1. The van der Waals surface area contributed by atoms with Crippen LogP contribution in [0.5, 0.6) is 0 Å². The van der Waals surface area contributed by atoms with Crippen molar-refractivity contribution in [1.82, 2.24) is 10.3 Å². The summed E-state index contributed by atoms with van der Waals surface area (Å²) in [6.07, 6.45) is 1.49. The van der Waals surface area contributed by atoms with Gasteiger partial charge in [-0.1, -0.05) is 12.1 Å². The molecular formula is C20H15F2N5O2. The summed E-state index contributed by atoms with van der Waals surface area (Å²) in [4.78, 5) is 27.7. The molecule has 0 saturated carbocycles. The minimum Gasteiger partial charge on any atom is -0.353 e. The van der Waals surface area contributed by atoms with Crippen LogP contribution in [0, 0.1) is 11.6 Å². The van der Waals surface area contributed by atoms with Crippen LogP contribution in [0.15, 0.2) is 54.7 Å². The molecule has 1 aromatic heterocycles. The lowest BCUT2D eigenvalue weighted by Gasteiger charge is -2.21. The Kier molecular flexibility index (Phi) is 4.78. The van der Waals surface area contributed by atoms with E-state index in [0.29, 0.717) is 17.1 Å². The van der Waals surface area contributed by atoms with E-state index in [4.69, 9.17) is 0 Å². The number of hydrogen-bond acceptors (Lipinski definition) is 4. The van der Waals surface area contributed by atoms with Crippen molar-refractivity contribution in [2.24, 2.45) is 0 Å². The number of nitrogens with one attached hydrogen (secondary N) is 4. The van der Waals surface area contributed by atoms with Crippen LogP contribution in [0.2, 0.25) is 0 Å². The van der Waals surface area contributed by atoms with Crippen molar-refractivity contribution in [1.29, 1.82) is 0 Å². The van der Waals surface area contributed by atoms with Gasteiger partial charge in [0.25, 0.3) is 5.91 Å². The monoisotopic (exact) mass is 395 g/mol. The van der Waals surface area contributed by atoms with Gasteiger partial charge in [-0.05, 0) is 36.4 Å². The minimum absolute atomic E-state index is 0.131. The average molecular weight is 395 g/mol. The van der Waals surface area contributed by atoms with Crippen molar-refractivity contribution in [3.63, 3.8) is 0 Å². The third-order valence-corrected chi connectivity index (χ3v) is 4.33. The maximum absolute atomic E-state index is 14.6. The first-order valence-electron chi connectivity index (χ1n) is 8.66. The second-order valence-electron chi connectivity index (χ2n) is 6.25. The highest BCUT2D eigenvalue weighted by atomic mass is 19.1. The van der Waals surface area contributed by atoms with Gasteiger partial charge in [-0.15, -0.1) is 0 Å². The fourth-order valence-electron chi connectivity index (χ4n) is 2.90. The number of fused-ring (bicyclic) bond motifs is 1. The summed E-state index contributed by atoms with van der Waals surface area (Å²) in [5.74, 6) is -1.55. The number of rotatable bonds is 4. The van der Waals surface area contributed by atoms with Crippen molar-refractivity contribution >= 4 is 34.8 Å². The Balaban J connectivity index is 1.53. The topological polar surface area (TPSA) is 95.2 Å². The second kappa shape index (κ2) is 7.55. The average Bonchev–Trinajstić information content (AvgIpc) is 2.70. The molecule has 1 aliphatic heterocycles. The zero-order valence-electron chi connectivity index (χ0n) is 14.9. The number of aromatic nitrogens is 1. The minimum atomic E-state index is -0.673. The Morgan fingerprint density at radius 2 is 1.86 bits per heavy atom. The van der Waals surface area contributed by atoms with E-state index in [2.05, 4.69) is 26.3 Å². The zero-order valence-corrected chi connectivity index (χ0v) is 14.9. The molecule has 0 unspecified atom stereocenters. The smallest absolute Gasteiger partial charge is 0.320 e. The van der Waals surface area contributed by atoms with Crippen LogP contribution in [0.1, 0.15) is 15.9 Å². The van der Waals surface area contributed by atoms with Gasteiger partial charge in [0.2, 0.25) is 0 Å². The molecule has 2 heterocycles. The van der Waals surface area contributed by atoms with Crippen molar-refractivity contribution in [3.8, 4) is 0 Å². The molecule has 7 nitrogen and oxygen atoms in total. The summed E-state index contributed by atoms with van der Waals surface area (Å²) in [5.41, 5.74) is 1.48. The number of pyridine rings is 1. The molecule has 3 aromatic rings. The van der Waals surface area contributed by atoms with Crippen LogP contribution in [-0.4, -0.2) is 16.9 Å². The van der Waals surface area contributed by atoms with Crippen LogP contribution in [-0.2, 0) is 6.54 Å². The number of urea groups is 1. The summed E-state index contributed by atoms with van der Waals surface area (Å²) in [5, 5.41) is 10.6. The third kappa shape index (κ3) is 3.84. The molecule has 0 fully saturated rings. The van der Waals surface area contributed by atoms with Gasteiger partial charge < -0.3 is 16.0 Å². The number of nitrogens with zero attached hydrogens (tertiary/aromatic N) is 1. The molecule has 29 heavy (non-hydrogen) atoms. The highest BCUT2D eigenvalue weighted by molar-refractivity contribution is 6.04. The Labute approximate surface area is 164 Å². The normalized spacial score (nSPS) is 12.4. The number of halogens is 2. The van der Waals surface area contributed by atoms with Crippen molar-refractivity contribution in [3.05, 3.63) is 77.5 Å². The first-order chi connectivity index (χ1) is 14.0. The molecule has 0 saturated heterocycles. The molecule has 4 N–H and O–H groups in total. The molecule has 2 aromatic carbocycles. The van der Waals surface area contributed by atoms with Crippen LogP contribution >= 0.6 is 0 Å². The molecule has 0 atom stereocenters. The van der Waals surface area contributed by atoms with E-state index in [1.807, 2.05) is 0 Å². The molecular weight excluding hydrogens is 380 g/mol. The molecule has 4 rings (SSSR count). The standard InChI is InChI=1S/C20H15F2N5O2/c21-14-4-2-1-3-12(14)19(28)25-11-5-6-17(15(22)9-11)26-16-7-8-23-18-13(16)10-24-20(29)27-18/h1-9H,10H2,(H,25,28)(H3,23,24,26,27,29). The first-order valence-corrected chi connectivity index (χ1v) is 8.66. The fraction of sp³-hybridized carbons (Fsp3) is 0.0500. The van der Waals surface area contributed by atoms with Gasteiger partial charge in [-0.3, -0.25) is 10.1 Å². The second-order valence-corrected chi connectivity index (χ2v) is 6.25. The number of carbonyl (C=O) groups excluding carboxylic acids is 2. The predicted octanol–water partition coefficient (Wildman–Crippen LogP) is 3.99. The van der Waals surface area contributed by atoms with Crippen LogP contribution in [0.25, 0.3) is 0 Å². The zero-order chi connectivity index (χ0) is 20.4. The molecule has 9 heteroatoms. The Hall–Kier alpha value is -4.01. The number of hydrogen-bond donors (Lipinski definition) is 4. The van der Waals surface area contributed by atoms with E-state index >= 15 is 0 Å². The molecule has 0 aliphatic carbocycles. The van der Waals surface area contributed by atoms with Gasteiger partial charge in [0.05, 0.1) is 17.8 Å². The lowest BCUT2D eigenvalue weighted by molar-refractivity contribution is 0.102. The van der Waals surface area contributed by atoms with E-state index in [1.165, 1.54) is 42.6 Å². The molecule has 1 aliphatic rings. The summed E-state index contributed by atoms with van der Waals surface area (Å²) < 4.78 is 28.3. The summed E-state index contributed by atoms with van der Waals surface area (Å²) in [6.45, 7) is 0.246. The van der Waals surface area contributed by atoms with Gasteiger partial charge in [-0.2, -0.15) is 0 Å². The largest absolute Gasteiger partial charge is 0.353 e. The number of anilines is 4. The molecule has 0 bridgehead atoms. The third-order valence-electron chi connectivity index (χ3n) is 4.33. The van der Waals surface area contributed by atoms with Crippen LogP contribution < -0.4 is 21.3 Å². The Morgan fingerprint density at radius 3 is 2.66 bits per heavy atom. The first kappa shape index (κ1) is 18.4. The molecule has 0 spiro atoms. The maximum Gasteiger partial charge on any atom is 0.320 e. The van der Waals surface area contributed by atoms with Gasteiger partial charge in [-0.25, -0.2) is 18.6 Å². The van der Waals surface area contributed by atoms with Gasteiger partial charge in [0.15, 0.2) is 0 Å². The fourth-order valence-corrected chi connectivity index (χ4v) is 2.90. The van der Waals surface area contributed by atoms with Gasteiger partial charge in [0.1, 0.15) is 17.5 Å². The number of carbonyl (C=O) groups is 2. The predicted molar refractivity (Wildman–Crippen MR) is 104 cm³/mol. The highest BCUT2D eigenvalue weighted by Crippen LogP contribution is 2.29. The Morgan fingerprint density at radius 1 is 1.03 bits per heavy atom. The van der Waals surface area contributed by atoms with Crippen molar-refractivity contribution in [2.75, 3.05) is 16.0 Å². The van der Waals surface area contributed by atoms with E-state index in [9.17, 15) is 18.4 Å². The van der Waals surface area contributed by atoms with Crippen molar-refractivity contribution < 1.29 is 18.4 Å². The number of benzene rings is 2. The van der Waals surface area contributed by atoms with Gasteiger partial charge >= 0.3 is 6.03 Å². The number of amides is 3. The SMILES string of the molecule is O=C1NCc2c(Nc3ccc(NC(=O)c4ccccc4F)cc3F)ccnc2N1. The Bertz CT molecular complexity index is 1120. The van der Waals surface area contributed by atoms with Crippen LogP contribution in [0.4, 0.5) is 36.5 Å². The van der Waals surface area contributed by atoms with E-state index in [0.717, 1.165) is 6.07 Å².